The van der Waals surface area contributed by atoms with Crippen LogP contribution in [0.4, 0.5) is 0 Å². The summed E-state index contributed by atoms with van der Waals surface area (Å²) < 4.78 is 0. The van der Waals surface area contributed by atoms with Crippen molar-refractivity contribution in [2.24, 2.45) is 35.1 Å². The van der Waals surface area contributed by atoms with Crippen molar-refractivity contribution < 1.29 is 28.8 Å². The van der Waals surface area contributed by atoms with Crippen LogP contribution in [0.1, 0.15) is 107 Å². The van der Waals surface area contributed by atoms with Gasteiger partial charge in [-0.3, -0.25) is 28.8 Å². The lowest BCUT2D eigenvalue weighted by atomic mass is 9.92. The van der Waals surface area contributed by atoms with E-state index in [1.807, 2.05) is 55.4 Å². The first-order valence-corrected chi connectivity index (χ1v) is 16.6. The highest BCUT2D eigenvalue weighted by Crippen LogP contribution is 2.16. The molecular weight excluding hydrogens is 578 g/mol. The number of unbranched alkanes of at least 4 members (excludes halogenated alkanes) is 1. The van der Waals surface area contributed by atoms with Gasteiger partial charge in [0.1, 0.15) is 30.2 Å². The zero-order valence-corrected chi connectivity index (χ0v) is 29.0. The Morgan fingerprint density at radius 2 is 0.844 bits per heavy atom. The van der Waals surface area contributed by atoms with E-state index in [0.29, 0.717) is 51.5 Å². The maximum Gasteiger partial charge on any atom is 0.243 e. The van der Waals surface area contributed by atoms with Gasteiger partial charge in [-0.25, -0.2) is 0 Å². The molecule has 0 aromatic carbocycles. The van der Waals surface area contributed by atoms with Gasteiger partial charge in [-0.15, -0.1) is 0 Å². The molecule has 0 aromatic heterocycles. The zero-order valence-electron chi connectivity index (χ0n) is 29.0. The van der Waals surface area contributed by atoms with Gasteiger partial charge in [-0.1, -0.05) is 81.1 Å². The van der Waals surface area contributed by atoms with Gasteiger partial charge < -0.3 is 38.1 Å². The lowest BCUT2D eigenvalue weighted by Gasteiger charge is -2.32. The Labute approximate surface area is 269 Å². The lowest BCUT2D eigenvalue weighted by molar-refractivity contribution is -0.137. The molecule has 45 heavy (non-hydrogen) atoms. The third-order valence-corrected chi connectivity index (χ3v) is 8.84. The van der Waals surface area contributed by atoms with Gasteiger partial charge >= 0.3 is 0 Å². The van der Waals surface area contributed by atoms with Crippen molar-refractivity contribution in [3.05, 3.63) is 0 Å². The lowest BCUT2D eigenvalue weighted by Crippen LogP contribution is -2.62. The molecule has 9 atom stereocenters. The number of hydrogen-bond acceptors (Lipinski definition) is 7. The molecule has 0 aromatic rings. The number of amides is 6. The molecule has 260 valence electrons. The number of hydrogen-bond donors (Lipinski definition) is 7. The molecule has 0 aliphatic heterocycles. The van der Waals surface area contributed by atoms with Crippen LogP contribution < -0.4 is 38.1 Å². The summed E-state index contributed by atoms with van der Waals surface area (Å²) in [6.45, 7) is 16.6. The molecule has 0 heterocycles. The second-order valence-electron chi connectivity index (χ2n) is 12.4. The number of primary amides is 1. The molecule has 9 N–H and O–H groups in total. The minimum atomic E-state index is -1.01. The van der Waals surface area contributed by atoms with Crippen molar-refractivity contribution in [2.45, 2.75) is 137 Å². The number of carbonyl (C=O) groups is 6. The summed E-state index contributed by atoms with van der Waals surface area (Å²) in [6.07, 6.45) is 3.90. The van der Waals surface area contributed by atoms with Crippen molar-refractivity contribution in [1.29, 1.82) is 0 Å². The predicted octanol–water partition coefficient (Wildman–Crippen LogP) is 1.23. The summed E-state index contributed by atoms with van der Waals surface area (Å²) in [5.74, 6) is -4.21. The Hall–Kier alpha value is -3.22. The molecule has 0 bridgehead atoms. The molecule has 6 amide bonds. The van der Waals surface area contributed by atoms with Crippen molar-refractivity contribution in [3.8, 4) is 0 Å². The van der Waals surface area contributed by atoms with Crippen molar-refractivity contribution >= 4 is 35.4 Å². The summed E-state index contributed by atoms with van der Waals surface area (Å²) in [4.78, 5) is 78.0. The second-order valence-corrected chi connectivity index (χ2v) is 12.4. The molecule has 0 fully saturated rings. The predicted molar refractivity (Wildman–Crippen MR) is 175 cm³/mol. The van der Waals surface area contributed by atoms with E-state index < -0.39 is 59.7 Å². The number of nitrogens with two attached hydrogens (primary N) is 2. The quantitative estimate of drug-likeness (QED) is 0.0859. The maximum absolute atomic E-state index is 13.7. The fourth-order valence-corrected chi connectivity index (χ4v) is 4.80. The average Bonchev–Trinajstić information content (AvgIpc) is 3.01. The van der Waals surface area contributed by atoms with Gasteiger partial charge in [0.2, 0.25) is 35.4 Å². The van der Waals surface area contributed by atoms with E-state index in [1.165, 1.54) is 6.92 Å². The Morgan fingerprint density at radius 3 is 1.11 bits per heavy atom. The minimum Gasteiger partial charge on any atom is -0.368 e. The normalized spacial score (nSPS) is 17.2. The van der Waals surface area contributed by atoms with Crippen LogP contribution in [-0.2, 0) is 28.8 Å². The smallest absolute Gasteiger partial charge is 0.243 e. The molecule has 13 nitrogen and oxygen atoms in total. The highest BCUT2D eigenvalue weighted by molar-refractivity contribution is 5.96. The summed E-state index contributed by atoms with van der Waals surface area (Å²) >= 11 is 0. The SMILES string of the molecule is CC[C@H](C)[C@H](NC(C)=O)C(=O)N[C@H](C(=O)N[C@H](C(=O)N[C@H](C(=O)N[C@@H](CCCCN)C(N)=O)[C@@H](C)CC)[C@@H](C)CC)[C@@H](C)CC. The fourth-order valence-electron chi connectivity index (χ4n) is 4.80. The maximum atomic E-state index is 13.7. The van der Waals surface area contributed by atoms with E-state index in [1.54, 1.807) is 0 Å². The first-order chi connectivity index (χ1) is 21.1. The van der Waals surface area contributed by atoms with E-state index >= 15 is 0 Å². The molecule has 0 aliphatic rings. The van der Waals surface area contributed by atoms with E-state index in [4.69, 9.17) is 11.5 Å². The standard InChI is InChI=1S/C32H61N7O6/c1-10-18(5)24(35-22(9)40)30(43)38-26(20(7)12-3)32(45)39-27(21(8)13-4)31(44)37-25(19(6)11-2)29(42)36-23(28(34)41)16-14-15-17-33/h18-21,23-27H,10-17,33H2,1-9H3,(H2,34,41)(H,35,40)(H,36,42)(H,37,44)(H,38,43)(H,39,45)/t18-,19-,20-,21-,23-,24-,25-,26-,27-/m0/s1. The van der Waals surface area contributed by atoms with Gasteiger partial charge in [0.15, 0.2) is 0 Å². The second kappa shape index (κ2) is 21.5. The monoisotopic (exact) mass is 639 g/mol. The highest BCUT2D eigenvalue weighted by atomic mass is 16.2. The van der Waals surface area contributed by atoms with Gasteiger partial charge in [0, 0.05) is 6.92 Å². The van der Waals surface area contributed by atoms with Crippen LogP contribution in [0.2, 0.25) is 0 Å². The topological polar surface area (TPSA) is 215 Å². The van der Waals surface area contributed by atoms with Crippen LogP contribution >= 0.6 is 0 Å². The van der Waals surface area contributed by atoms with Crippen LogP contribution in [0.3, 0.4) is 0 Å². The Bertz CT molecular complexity index is 978. The molecule has 0 aliphatic carbocycles. The average molecular weight is 640 g/mol. The van der Waals surface area contributed by atoms with E-state index in [0.717, 1.165) is 0 Å². The molecule has 0 radical (unpaired) electrons. The Kier molecular flexibility index (Phi) is 20.0. The van der Waals surface area contributed by atoms with Crippen LogP contribution in [0.5, 0.6) is 0 Å². The first-order valence-electron chi connectivity index (χ1n) is 16.6. The number of rotatable bonds is 22. The minimum absolute atomic E-state index is 0.174. The van der Waals surface area contributed by atoms with E-state index in [9.17, 15) is 28.8 Å². The summed E-state index contributed by atoms with van der Waals surface area (Å²) in [5, 5.41) is 13.8. The molecule has 0 unspecified atom stereocenters. The molecule has 0 saturated heterocycles. The molecule has 0 saturated carbocycles. The van der Waals surface area contributed by atoms with Crippen molar-refractivity contribution in [2.75, 3.05) is 6.54 Å². The molecule has 0 spiro atoms. The number of carbonyl (C=O) groups excluding carboxylic acids is 6. The van der Waals surface area contributed by atoms with Crippen LogP contribution in [0, 0.1) is 23.7 Å². The summed E-state index contributed by atoms with van der Waals surface area (Å²) in [6, 6.07) is -4.70. The third kappa shape index (κ3) is 14.2. The van der Waals surface area contributed by atoms with Crippen LogP contribution in [0.15, 0.2) is 0 Å². The van der Waals surface area contributed by atoms with Gasteiger partial charge in [-0.2, -0.15) is 0 Å². The highest BCUT2D eigenvalue weighted by Gasteiger charge is 2.37. The fraction of sp³-hybridized carbons (Fsp3) is 0.812. The Morgan fingerprint density at radius 1 is 0.533 bits per heavy atom. The van der Waals surface area contributed by atoms with E-state index in [2.05, 4.69) is 26.6 Å². The molecule has 13 heteroatoms. The van der Waals surface area contributed by atoms with Gasteiger partial charge in [-0.05, 0) is 49.5 Å². The largest absolute Gasteiger partial charge is 0.368 e. The third-order valence-electron chi connectivity index (χ3n) is 8.84. The van der Waals surface area contributed by atoms with Gasteiger partial charge in [0.25, 0.3) is 0 Å². The van der Waals surface area contributed by atoms with Crippen molar-refractivity contribution in [3.63, 3.8) is 0 Å². The number of nitrogens with one attached hydrogen (secondary N) is 5. The summed E-state index contributed by atoms with van der Waals surface area (Å²) in [5.41, 5.74) is 11.1. The van der Waals surface area contributed by atoms with E-state index in [-0.39, 0.29) is 29.6 Å². The van der Waals surface area contributed by atoms with Gasteiger partial charge in [0.05, 0.1) is 0 Å². The Balaban J connectivity index is 6.11. The van der Waals surface area contributed by atoms with Crippen LogP contribution in [-0.4, -0.2) is 72.2 Å². The summed E-state index contributed by atoms with van der Waals surface area (Å²) in [7, 11) is 0. The molecular formula is C32H61N7O6. The first kappa shape index (κ1) is 41.8. The molecule has 0 rings (SSSR count). The zero-order chi connectivity index (χ0) is 34.9. The van der Waals surface area contributed by atoms with Crippen molar-refractivity contribution in [1.82, 2.24) is 26.6 Å². The van der Waals surface area contributed by atoms with Crippen LogP contribution in [0.25, 0.3) is 0 Å².